The van der Waals surface area contributed by atoms with Gasteiger partial charge in [-0.15, -0.1) is 0 Å². The summed E-state index contributed by atoms with van der Waals surface area (Å²) in [5.41, 5.74) is 0.642. The van der Waals surface area contributed by atoms with Gasteiger partial charge in [0.2, 0.25) is 11.2 Å². The number of hydrogen-bond donors (Lipinski definition) is 1. The van der Waals surface area contributed by atoms with Gasteiger partial charge in [-0.05, 0) is 34.4 Å². The van der Waals surface area contributed by atoms with Crippen molar-refractivity contribution in [1.82, 2.24) is 24.7 Å². The fourth-order valence-electron chi connectivity index (χ4n) is 2.95. The van der Waals surface area contributed by atoms with Crippen molar-refractivity contribution in [3.63, 3.8) is 0 Å². The SMILES string of the molecule is CC1(C)C(CNc2nc(Cl)nc(-n3cccn3)n2)C1(C)C. The fraction of sp³-hybridized carbons (Fsp3) is 0.571. The van der Waals surface area contributed by atoms with Crippen molar-refractivity contribution in [2.75, 3.05) is 11.9 Å². The Hall–Kier alpha value is -1.69. The zero-order chi connectivity index (χ0) is 15.3. The molecule has 2 aromatic heterocycles. The molecule has 1 aliphatic carbocycles. The third-order valence-corrected chi connectivity index (χ3v) is 5.26. The molecule has 2 aromatic rings. The third kappa shape index (κ3) is 2.37. The maximum atomic E-state index is 5.97. The first-order valence-electron chi connectivity index (χ1n) is 6.98. The summed E-state index contributed by atoms with van der Waals surface area (Å²) in [7, 11) is 0. The van der Waals surface area contributed by atoms with Crippen molar-refractivity contribution >= 4 is 17.5 Å². The van der Waals surface area contributed by atoms with Crippen LogP contribution in [0.5, 0.6) is 0 Å². The number of aromatic nitrogens is 5. The van der Waals surface area contributed by atoms with Gasteiger partial charge in [0.25, 0.3) is 5.95 Å². The van der Waals surface area contributed by atoms with Crippen molar-refractivity contribution in [3.05, 3.63) is 23.7 Å². The highest BCUT2D eigenvalue weighted by molar-refractivity contribution is 6.28. The van der Waals surface area contributed by atoms with Crippen LogP contribution < -0.4 is 5.32 Å². The van der Waals surface area contributed by atoms with E-state index in [0.717, 1.165) is 6.54 Å². The average molecular weight is 307 g/mol. The zero-order valence-electron chi connectivity index (χ0n) is 12.6. The molecule has 1 aliphatic rings. The van der Waals surface area contributed by atoms with E-state index in [-0.39, 0.29) is 5.28 Å². The molecule has 3 rings (SSSR count). The lowest BCUT2D eigenvalue weighted by Crippen LogP contribution is -2.13. The molecule has 0 unspecified atom stereocenters. The van der Waals surface area contributed by atoms with Crippen LogP contribution in [0.4, 0.5) is 5.95 Å². The van der Waals surface area contributed by atoms with Crippen LogP contribution in [-0.2, 0) is 0 Å². The van der Waals surface area contributed by atoms with E-state index in [0.29, 0.717) is 28.6 Å². The van der Waals surface area contributed by atoms with Gasteiger partial charge in [-0.25, -0.2) is 4.68 Å². The third-order valence-electron chi connectivity index (χ3n) is 5.09. The minimum atomic E-state index is 0.160. The lowest BCUT2D eigenvalue weighted by molar-refractivity contribution is 0.457. The van der Waals surface area contributed by atoms with Gasteiger partial charge in [0.15, 0.2) is 0 Å². The molecule has 0 bridgehead atoms. The molecule has 0 aromatic carbocycles. The van der Waals surface area contributed by atoms with Crippen LogP contribution >= 0.6 is 11.6 Å². The fourth-order valence-corrected chi connectivity index (χ4v) is 3.10. The molecule has 1 N–H and O–H groups in total. The summed E-state index contributed by atoms with van der Waals surface area (Å²) in [5, 5.41) is 7.53. The maximum Gasteiger partial charge on any atom is 0.256 e. The van der Waals surface area contributed by atoms with Gasteiger partial charge in [-0.2, -0.15) is 20.1 Å². The molecule has 21 heavy (non-hydrogen) atoms. The van der Waals surface area contributed by atoms with E-state index in [1.165, 1.54) is 0 Å². The van der Waals surface area contributed by atoms with Crippen LogP contribution in [0.15, 0.2) is 18.5 Å². The van der Waals surface area contributed by atoms with E-state index in [9.17, 15) is 0 Å². The van der Waals surface area contributed by atoms with Crippen LogP contribution in [0.3, 0.4) is 0 Å². The van der Waals surface area contributed by atoms with E-state index in [1.54, 1.807) is 23.1 Å². The standard InChI is InChI=1S/C14H19ClN6/c1-13(2)9(14(13,3)4)8-16-11-18-10(15)19-12(20-11)21-7-5-6-17-21/h5-7,9H,8H2,1-4H3,(H,16,18,19,20). The number of nitrogens with one attached hydrogen (secondary N) is 1. The first kappa shape index (κ1) is 14.3. The van der Waals surface area contributed by atoms with E-state index < -0.39 is 0 Å². The number of rotatable bonds is 4. The highest BCUT2D eigenvalue weighted by Crippen LogP contribution is 2.68. The average Bonchev–Trinajstić information content (AvgIpc) is 2.80. The van der Waals surface area contributed by atoms with E-state index in [2.05, 4.69) is 53.1 Å². The summed E-state index contributed by atoms with van der Waals surface area (Å²) in [5.74, 6) is 1.48. The van der Waals surface area contributed by atoms with Gasteiger partial charge in [0.05, 0.1) is 0 Å². The largest absolute Gasteiger partial charge is 0.354 e. The van der Waals surface area contributed by atoms with Gasteiger partial charge in [-0.1, -0.05) is 27.7 Å². The Morgan fingerprint density at radius 2 is 1.90 bits per heavy atom. The van der Waals surface area contributed by atoms with Crippen LogP contribution in [0.2, 0.25) is 5.28 Å². The number of halogens is 1. The molecular weight excluding hydrogens is 288 g/mol. The summed E-state index contributed by atoms with van der Waals surface area (Å²) in [6, 6.07) is 1.81. The van der Waals surface area contributed by atoms with Gasteiger partial charge >= 0.3 is 0 Å². The second-order valence-corrected chi connectivity index (χ2v) is 6.89. The second-order valence-electron chi connectivity index (χ2n) is 6.56. The Morgan fingerprint density at radius 3 is 2.48 bits per heavy atom. The molecule has 2 heterocycles. The van der Waals surface area contributed by atoms with E-state index in [1.807, 2.05) is 0 Å². The van der Waals surface area contributed by atoms with Gasteiger partial charge in [0, 0.05) is 18.9 Å². The topological polar surface area (TPSA) is 68.5 Å². The molecule has 7 heteroatoms. The molecular formula is C14H19ClN6. The number of anilines is 1. The first-order chi connectivity index (χ1) is 9.82. The zero-order valence-corrected chi connectivity index (χ0v) is 13.4. The number of nitrogens with zero attached hydrogens (tertiary/aromatic N) is 5. The summed E-state index contributed by atoms with van der Waals surface area (Å²) in [6.07, 6.45) is 3.43. The van der Waals surface area contributed by atoms with Gasteiger partial charge in [-0.3, -0.25) is 0 Å². The molecule has 0 spiro atoms. The predicted octanol–water partition coefficient (Wildman–Crippen LogP) is 2.80. The Balaban J connectivity index is 1.75. The highest BCUT2D eigenvalue weighted by Gasteiger charge is 2.64. The summed E-state index contributed by atoms with van der Waals surface area (Å²) >= 11 is 5.97. The van der Waals surface area contributed by atoms with Crippen molar-refractivity contribution in [2.24, 2.45) is 16.7 Å². The van der Waals surface area contributed by atoms with Crippen molar-refractivity contribution in [2.45, 2.75) is 27.7 Å². The Kier molecular flexibility index (Phi) is 3.16. The maximum absolute atomic E-state index is 5.97. The molecule has 6 nitrogen and oxygen atoms in total. The van der Waals surface area contributed by atoms with Crippen LogP contribution in [-0.4, -0.2) is 31.3 Å². The lowest BCUT2D eigenvalue weighted by Gasteiger charge is -2.07. The lowest BCUT2D eigenvalue weighted by atomic mass is 10.0. The quantitative estimate of drug-likeness (QED) is 0.940. The highest BCUT2D eigenvalue weighted by atomic mass is 35.5. The minimum Gasteiger partial charge on any atom is -0.354 e. The molecule has 0 saturated heterocycles. The first-order valence-corrected chi connectivity index (χ1v) is 7.35. The molecule has 1 saturated carbocycles. The minimum absolute atomic E-state index is 0.160. The van der Waals surface area contributed by atoms with E-state index >= 15 is 0 Å². The van der Waals surface area contributed by atoms with Crippen molar-refractivity contribution < 1.29 is 0 Å². The monoisotopic (exact) mass is 306 g/mol. The van der Waals surface area contributed by atoms with E-state index in [4.69, 9.17) is 11.6 Å². The van der Waals surface area contributed by atoms with Gasteiger partial charge in [0.1, 0.15) is 0 Å². The normalized spacial score (nSPS) is 19.5. The van der Waals surface area contributed by atoms with Gasteiger partial charge < -0.3 is 5.32 Å². The predicted molar refractivity (Wildman–Crippen MR) is 81.5 cm³/mol. The Morgan fingerprint density at radius 1 is 1.19 bits per heavy atom. The number of hydrogen-bond acceptors (Lipinski definition) is 5. The van der Waals surface area contributed by atoms with Crippen molar-refractivity contribution in [1.29, 1.82) is 0 Å². The summed E-state index contributed by atoms with van der Waals surface area (Å²) in [4.78, 5) is 12.6. The Labute approximate surface area is 129 Å². The van der Waals surface area contributed by atoms with Crippen LogP contribution in [0.1, 0.15) is 27.7 Å². The van der Waals surface area contributed by atoms with Crippen LogP contribution in [0.25, 0.3) is 5.95 Å². The molecule has 1 fully saturated rings. The smallest absolute Gasteiger partial charge is 0.256 e. The molecule has 0 aliphatic heterocycles. The molecule has 0 amide bonds. The van der Waals surface area contributed by atoms with Crippen LogP contribution in [0, 0.1) is 16.7 Å². The second kappa shape index (κ2) is 4.66. The van der Waals surface area contributed by atoms with Crippen molar-refractivity contribution in [3.8, 4) is 5.95 Å². The molecule has 112 valence electrons. The molecule has 0 radical (unpaired) electrons. The molecule has 0 atom stereocenters. The summed E-state index contributed by atoms with van der Waals surface area (Å²) in [6.45, 7) is 9.96. The Bertz CT molecular complexity index is 635. The summed E-state index contributed by atoms with van der Waals surface area (Å²) < 4.78 is 1.56.